The van der Waals surface area contributed by atoms with Gasteiger partial charge in [-0.15, -0.1) is 5.10 Å². The maximum Gasteiger partial charge on any atom is 0.393 e. The topological polar surface area (TPSA) is 80.0 Å². The number of rotatable bonds is 5. The van der Waals surface area contributed by atoms with Crippen LogP contribution < -0.4 is 4.90 Å². The molecule has 4 aromatic rings. The lowest BCUT2D eigenvalue weighted by molar-refractivity contribution is -0.127. The molecule has 1 aliphatic heterocycles. The van der Waals surface area contributed by atoms with Gasteiger partial charge in [-0.3, -0.25) is 4.98 Å². The van der Waals surface area contributed by atoms with E-state index >= 15 is 0 Å². The molecule has 0 saturated carbocycles. The first-order valence-corrected chi connectivity index (χ1v) is 11.8. The second kappa shape index (κ2) is 8.70. The van der Waals surface area contributed by atoms with Gasteiger partial charge < -0.3 is 10.0 Å². The van der Waals surface area contributed by atoms with Gasteiger partial charge >= 0.3 is 6.18 Å². The van der Waals surface area contributed by atoms with Crippen LogP contribution in [0.2, 0.25) is 5.02 Å². The standard InChI is InChI=1S/C25H24ClF3N6O/c1-14-5-7-19(15(2)31-14)25(36,21-13-30-33-34(21)3)16-6-8-20-17(11-16)22(26)18(12-24(27,28)29)23(32-20)35-9-4-10-35/h5-8,11,13,36H,4,9-10,12H2,1-3H3. The molecule has 5 rings (SSSR count). The van der Waals surface area contributed by atoms with Gasteiger partial charge in [0.25, 0.3) is 0 Å². The smallest absolute Gasteiger partial charge is 0.374 e. The predicted octanol–water partition coefficient (Wildman–Crippen LogP) is 4.63. The number of benzene rings is 1. The number of pyridine rings is 2. The largest absolute Gasteiger partial charge is 0.393 e. The maximum absolute atomic E-state index is 13.5. The van der Waals surface area contributed by atoms with Crippen LogP contribution in [0.4, 0.5) is 19.0 Å². The molecule has 0 radical (unpaired) electrons. The molecule has 0 spiro atoms. The van der Waals surface area contributed by atoms with Crippen LogP contribution in [-0.4, -0.2) is 49.3 Å². The lowest BCUT2D eigenvalue weighted by atomic mass is 9.82. The average Bonchev–Trinajstić information content (AvgIpc) is 3.20. The van der Waals surface area contributed by atoms with Gasteiger partial charge in [0.1, 0.15) is 5.82 Å². The molecule has 0 amide bonds. The van der Waals surface area contributed by atoms with Crippen molar-refractivity contribution in [3.8, 4) is 0 Å². The summed E-state index contributed by atoms with van der Waals surface area (Å²) in [6.07, 6.45) is -3.31. The Morgan fingerprint density at radius 1 is 1.08 bits per heavy atom. The first-order valence-electron chi connectivity index (χ1n) is 11.5. The predicted molar refractivity (Wildman–Crippen MR) is 130 cm³/mol. The van der Waals surface area contributed by atoms with Crippen molar-refractivity contribution in [2.45, 2.75) is 38.5 Å². The maximum atomic E-state index is 13.5. The SMILES string of the molecule is Cc1ccc(C(O)(c2ccc3nc(N4CCC4)c(CC(F)(F)F)c(Cl)c3c2)c2cnnn2C)c(C)n1. The van der Waals surface area contributed by atoms with Crippen molar-refractivity contribution in [2.75, 3.05) is 18.0 Å². The molecule has 36 heavy (non-hydrogen) atoms. The summed E-state index contributed by atoms with van der Waals surface area (Å²) in [4.78, 5) is 10.9. The molecule has 1 saturated heterocycles. The monoisotopic (exact) mass is 516 g/mol. The third-order valence-electron chi connectivity index (χ3n) is 6.64. The number of aromatic nitrogens is 5. The van der Waals surface area contributed by atoms with E-state index < -0.39 is 18.2 Å². The van der Waals surface area contributed by atoms with Gasteiger partial charge in [-0.25, -0.2) is 9.67 Å². The molecule has 188 valence electrons. The molecule has 1 unspecified atom stereocenters. The number of halogens is 4. The lowest BCUT2D eigenvalue weighted by Gasteiger charge is -2.34. The molecular weight excluding hydrogens is 493 g/mol. The van der Waals surface area contributed by atoms with E-state index in [4.69, 9.17) is 11.6 Å². The highest BCUT2D eigenvalue weighted by atomic mass is 35.5. The minimum absolute atomic E-state index is 0.0229. The van der Waals surface area contributed by atoms with Crippen LogP contribution in [0.1, 0.15) is 40.2 Å². The van der Waals surface area contributed by atoms with E-state index in [-0.39, 0.29) is 16.4 Å². The summed E-state index contributed by atoms with van der Waals surface area (Å²) in [6, 6.07) is 8.52. The first-order chi connectivity index (χ1) is 17.0. The van der Waals surface area contributed by atoms with E-state index in [0.29, 0.717) is 46.5 Å². The van der Waals surface area contributed by atoms with Gasteiger partial charge in [0.05, 0.1) is 28.9 Å². The van der Waals surface area contributed by atoms with E-state index in [2.05, 4.69) is 20.3 Å². The fourth-order valence-electron chi connectivity index (χ4n) is 4.75. The van der Waals surface area contributed by atoms with Gasteiger partial charge in [0.2, 0.25) is 0 Å². The number of alkyl halides is 3. The molecule has 11 heteroatoms. The van der Waals surface area contributed by atoms with E-state index in [1.54, 1.807) is 49.2 Å². The highest BCUT2D eigenvalue weighted by molar-refractivity contribution is 6.36. The van der Waals surface area contributed by atoms with Gasteiger partial charge in [-0.2, -0.15) is 13.2 Å². The summed E-state index contributed by atoms with van der Waals surface area (Å²) in [5.74, 6) is 0.258. The number of anilines is 1. The molecular formula is C25H24ClF3N6O. The summed E-state index contributed by atoms with van der Waals surface area (Å²) in [5.41, 5.74) is 1.25. The third kappa shape index (κ3) is 4.08. The van der Waals surface area contributed by atoms with Crippen LogP contribution in [0.25, 0.3) is 10.9 Å². The summed E-state index contributed by atoms with van der Waals surface area (Å²) in [5, 5.41) is 20.5. The Labute approximate surface area is 210 Å². The quantitative estimate of drug-likeness (QED) is 0.417. The van der Waals surface area contributed by atoms with Crippen LogP contribution >= 0.6 is 11.6 Å². The summed E-state index contributed by atoms with van der Waals surface area (Å²) in [6.45, 7) is 4.89. The molecule has 1 atom stereocenters. The Bertz CT molecular complexity index is 1470. The van der Waals surface area contributed by atoms with E-state index in [1.165, 1.54) is 10.9 Å². The first kappa shape index (κ1) is 24.5. The van der Waals surface area contributed by atoms with Crippen molar-refractivity contribution in [1.29, 1.82) is 0 Å². The normalized spacial score (nSPS) is 15.7. The number of aliphatic hydroxyl groups is 1. The van der Waals surface area contributed by atoms with Crippen LogP contribution in [-0.2, 0) is 19.1 Å². The van der Waals surface area contributed by atoms with Crippen LogP contribution in [0.3, 0.4) is 0 Å². The fraction of sp³-hybridized carbons (Fsp3) is 0.360. The van der Waals surface area contributed by atoms with Gasteiger partial charge in [0, 0.05) is 48.0 Å². The van der Waals surface area contributed by atoms with Crippen molar-refractivity contribution in [3.63, 3.8) is 0 Å². The van der Waals surface area contributed by atoms with Crippen LogP contribution in [0.5, 0.6) is 0 Å². The molecule has 1 N–H and O–H groups in total. The number of aryl methyl sites for hydroxylation is 3. The molecule has 3 aromatic heterocycles. The van der Waals surface area contributed by atoms with Crippen molar-refractivity contribution in [2.24, 2.45) is 7.05 Å². The number of hydrogen-bond donors (Lipinski definition) is 1. The minimum Gasteiger partial charge on any atom is -0.374 e. The summed E-state index contributed by atoms with van der Waals surface area (Å²) < 4.78 is 42.0. The van der Waals surface area contributed by atoms with Gasteiger partial charge in [-0.1, -0.05) is 28.9 Å². The fourth-order valence-corrected chi connectivity index (χ4v) is 5.05. The number of hydrogen-bond acceptors (Lipinski definition) is 6. The van der Waals surface area contributed by atoms with E-state index in [1.807, 2.05) is 6.92 Å². The van der Waals surface area contributed by atoms with Crippen molar-refractivity contribution in [3.05, 3.63) is 75.3 Å². The molecule has 4 heterocycles. The highest BCUT2D eigenvalue weighted by Gasteiger charge is 2.40. The molecule has 1 fully saturated rings. The highest BCUT2D eigenvalue weighted by Crippen LogP contribution is 2.42. The second-order valence-electron chi connectivity index (χ2n) is 9.13. The second-order valence-corrected chi connectivity index (χ2v) is 9.51. The summed E-state index contributed by atoms with van der Waals surface area (Å²) >= 11 is 6.66. The Kier molecular flexibility index (Phi) is 5.91. The average molecular weight is 517 g/mol. The molecule has 0 bridgehead atoms. The zero-order valence-corrected chi connectivity index (χ0v) is 20.7. The lowest BCUT2D eigenvalue weighted by Crippen LogP contribution is -2.38. The Morgan fingerprint density at radius 2 is 1.83 bits per heavy atom. The molecule has 1 aliphatic rings. The zero-order valence-electron chi connectivity index (χ0n) is 19.9. The van der Waals surface area contributed by atoms with Gasteiger partial charge in [0.15, 0.2) is 5.60 Å². The number of fused-ring (bicyclic) bond motifs is 1. The van der Waals surface area contributed by atoms with Gasteiger partial charge in [-0.05, 0) is 44.0 Å². The summed E-state index contributed by atoms with van der Waals surface area (Å²) in [7, 11) is 1.65. The van der Waals surface area contributed by atoms with E-state index in [0.717, 1.165) is 12.1 Å². The van der Waals surface area contributed by atoms with Crippen molar-refractivity contribution >= 4 is 28.3 Å². The number of nitrogens with zero attached hydrogens (tertiary/aromatic N) is 6. The van der Waals surface area contributed by atoms with Crippen molar-refractivity contribution in [1.82, 2.24) is 25.0 Å². The third-order valence-corrected chi connectivity index (χ3v) is 7.08. The zero-order chi connectivity index (χ0) is 25.8. The minimum atomic E-state index is -4.46. The van der Waals surface area contributed by atoms with E-state index in [9.17, 15) is 18.3 Å². The molecule has 0 aliphatic carbocycles. The Hall–Kier alpha value is -3.24. The Balaban J connectivity index is 1.76. The van der Waals surface area contributed by atoms with Crippen LogP contribution in [0.15, 0.2) is 36.5 Å². The van der Waals surface area contributed by atoms with Crippen molar-refractivity contribution < 1.29 is 18.3 Å². The Morgan fingerprint density at radius 3 is 2.42 bits per heavy atom. The molecule has 1 aromatic carbocycles. The van der Waals surface area contributed by atoms with Crippen LogP contribution in [0, 0.1) is 13.8 Å². The molecule has 7 nitrogen and oxygen atoms in total.